The van der Waals surface area contributed by atoms with Crippen LogP contribution < -0.4 is 5.32 Å². The van der Waals surface area contributed by atoms with Crippen LogP contribution in [0.2, 0.25) is 0 Å². The molecule has 0 fully saturated rings. The molecule has 3 rings (SSSR count). The number of hydrogen-bond donors (Lipinski definition) is 2. The van der Waals surface area contributed by atoms with Gasteiger partial charge in [-0.25, -0.2) is 0 Å². The molecule has 0 aliphatic heterocycles. The summed E-state index contributed by atoms with van der Waals surface area (Å²) in [5, 5.41) is 9.08. The predicted molar refractivity (Wildman–Crippen MR) is 78.0 cm³/mol. The second-order valence-corrected chi connectivity index (χ2v) is 4.88. The van der Waals surface area contributed by atoms with Gasteiger partial charge in [-0.1, -0.05) is 18.2 Å². The zero-order chi connectivity index (χ0) is 13.4. The lowest BCUT2D eigenvalue weighted by Crippen LogP contribution is -2.05. The minimum absolute atomic E-state index is 0.822. The maximum Gasteiger partial charge on any atom is 0.0992 e. The van der Waals surface area contributed by atoms with Gasteiger partial charge in [0.25, 0.3) is 0 Å². The summed E-state index contributed by atoms with van der Waals surface area (Å²) in [4.78, 5) is 3.43. The van der Waals surface area contributed by atoms with Crippen LogP contribution in [0.1, 0.15) is 11.3 Å². The van der Waals surface area contributed by atoms with Crippen LogP contribution in [-0.4, -0.2) is 21.8 Å². The zero-order valence-electron chi connectivity index (χ0n) is 11.5. The van der Waals surface area contributed by atoms with E-state index in [-0.39, 0.29) is 0 Å². The van der Waals surface area contributed by atoms with Crippen molar-refractivity contribution in [2.24, 2.45) is 7.05 Å². The van der Waals surface area contributed by atoms with Gasteiger partial charge in [0.1, 0.15) is 0 Å². The first-order valence-electron chi connectivity index (χ1n) is 6.45. The molecule has 2 N–H and O–H groups in total. The maximum atomic E-state index is 4.64. The zero-order valence-corrected chi connectivity index (χ0v) is 11.5. The lowest BCUT2D eigenvalue weighted by Gasteiger charge is -2.02. The number of nitrogens with zero attached hydrogens (tertiary/aromatic N) is 2. The molecule has 3 aromatic rings. The van der Waals surface area contributed by atoms with E-state index in [9.17, 15) is 0 Å². The number of para-hydroxylation sites is 1. The molecule has 0 atom stereocenters. The molecular weight excluding hydrogens is 236 g/mol. The molecular formula is C15H18N4. The smallest absolute Gasteiger partial charge is 0.0992 e. The minimum atomic E-state index is 0.822. The lowest BCUT2D eigenvalue weighted by atomic mass is 10.0. The topological polar surface area (TPSA) is 45.6 Å². The minimum Gasteiger partial charge on any atom is -0.358 e. The Kier molecular flexibility index (Phi) is 2.87. The highest BCUT2D eigenvalue weighted by Gasteiger charge is 2.16. The fourth-order valence-corrected chi connectivity index (χ4v) is 2.65. The number of aromatic nitrogens is 3. The summed E-state index contributed by atoms with van der Waals surface area (Å²) in [6.45, 7) is 2.93. The molecule has 0 radical (unpaired) electrons. The number of H-pyrrole nitrogens is 1. The Hall–Kier alpha value is -2.07. The molecule has 0 aliphatic carbocycles. The molecule has 98 valence electrons. The van der Waals surface area contributed by atoms with Gasteiger partial charge in [-0.15, -0.1) is 0 Å². The second-order valence-electron chi connectivity index (χ2n) is 4.88. The van der Waals surface area contributed by atoms with E-state index in [1.165, 1.54) is 16.5 Å². The predicted octanol–water partition coefficient (Wildman–Crippen LogP) is 2.60. The van der Waals surface area contributed by atoms with Gasteiger partial charge < -0.3 is 10.3 Å². The fourth-order valence-electron chi connectivity index (χ4n) is 2.65. The monoisotopic (exact) mass is 254 g/mol. The van der Waals surface area contributed by atoms with Crippen LogP contribution in [-0.2, 0) is 13.6 Å². The van der Waals surface area contributed by atoms with Gasteiger partial charge in [0.2, 0.25) is 0 Å². The molecule has 0 amide bonds. The van der Waals surface area contributed by atoms with Crippen molar-refractivity contribution in [1.82, 2.24) is 20.1 Å². The molecule has 0 spiro atoms. The summed E-state index contributed by atoms with van der Waals surface area (Å²) in [6, 6.07) is 8.37. The van der Waals surface area contributed by atoms with Gasteiger partial charge in [-0.05, 0) is 20.0 Å². The summed E-state index contributed by atoms with van der Waals surface area (Å²) in [6.07, 6.45) is 2.08. The Morgan fingerprint density at radius 3 is 2.89 bits per heavy atom. The van der Waals surface area contributed by atoms with Crippen LogP contribution in [0, 0.1) is 6.92 Å². The number of benzene rings is 1. The average Bonchev–Trinajstić information content (AvgIpc) is 2.89. The van der Waals surface area contributed by atoms with Gasteiger partial charge in [0, 0.05) is 47.5 Å². The summed E-state index contributed by atoms with van der Waals surface area (Å²) < 4.78 is 1.88. The maximum absolute atomic E-state index is 4.64. The number of aromatic amines is 1. The first-order valence-corrected chi connectivity index (χ1v) is 6.45. The summed E-state index contributed by atoms with van der Waals surface area (Å²) >= 11 is 0. The molecule has 0 saturated heterocycles. The summed E-state index contributed by atoms with van der Waals surface area (Å²) in [7, 11) is 3.92. The third-order valence-corrected chi connectivity index (χ3v) is 3.40. The highest BCUT2D eigenvalue weighted by molar-refractivity contribution is 5.97. The Morgan fingerprint density at radius 2 is 2.11 bits per heavy atom. The van der Waals surface area contributed by atoms with Crippen molar-refractivity contribution in [1.29, 1.82) is 0 Å². The van der Waals surface area contributed by atoms with Crippen molar-refractivity contribution in [3.05, 3.63) is 41.7 Å². The van der Waals surface area contributed by atoms with Gasteiger partial charge in [0.15, 0.2) is 0 Å². The Morgan fingerprint density at radius 1 is 1.32 bits per heavy atom. The molecule has 1 aromatic carbocycles. The molecule has 0 unspecified atom stereocenters. The van der Waals surface area contributed by atoms with E-state index in [2.05, 4.69) is 52.8 Å². The molecule has 0 bridgehead atoms. The highest BCUT2D eigenvalue weighted by atomic mass is 15.3. The first-order chi connectivity index (χ1) is 9.20. The quantitative estimate of drug-likeness (QED) is 0.754. The second kappa shape index (κ2) is 4.55. The van der Waals surface area contributed by atoms with E-state index in [4.69, 9.17) is 0 Å². The number of rotatable bonds is 3. The molecule has 2 aromatic heterocycles. The van der Waals surface area contributed by atoms with Gasteiger partial charge in [0.05, 0.1) is 5.69 Å². The van der Waals surface area contributed by atoms with E-state index < -0.39 is 0 Å². The Balaban J connectivity index is 2.26. The fraction of sp³-hybridized carbons (Fsp3) is 0.267. The van der Waals surface area contributed by atoms with Crippen molar-refractivity contribution in [2.75, 3.05) is 7.05 Å². The molecule has 0 aliphatic rings. The summed E-state index contributed by atoms with van der Waals surface area (Å²) in [5.41, 5.74) is 5.82. The Bertz CT molecular complexity index is 721. The van der Waals surface area contributed by atoms with Crippen molar-refractivity contribution >= 4 is 10.9 Å². The van der Waals surface area contributed by atoms with Crippen LogP contribution in [0.25, 0.3) is 22.2 Å². The number of fused-ring (bicyclic) bond motifs is 1. The third kappa shape index (κ3) is 1.94. The van der Waals surface area contributed by atoms with E-state index in [1.54, 1.807) is 0 Å². The Labute approximate surface area is 112 Å². The van der Waals surface area contributed by atoms with E-state index in [0.717, 1.165) is 23.4 Å². The molecule has 2 heterocycles. The average molecular weight is 254 g/mol. The molecule has 0 saturated carbocycles. The third-order valence-electron chi connectivity index (χ3n) is 3.40. The van der Waals surface area contributed by atoms with Crippen molar-refractivity contribution in [2.45, 2.75) is 13.5 Å². The van der Waals surface area contributed by atoms with E-state index in [1.807, 2.05) is 18.8 Å². The highest BCUT2D eigenvalue weighted by Crippen LogP contribution is 2.32. The van der Waals surface area contributed by atoms with E-state index in [0.29, 0.717) is 0 Å². The molecule has 19 heavy (non-hydrogen) atoms. The van der Waals surface area contributed by atoms with Crippen LogP contribution in [0.3, 0.4) is 0 Å². The van der Waals surface area contributed by atoms with Crippen molar-refractivity contribution in [3.63, 3.8) is 0 Å². The van der Waals surface area contributed by atoms with Crippen molar-refractivity contribution in [3.8, 4) is 11.3 Å². The van der Waals surface area contributed by atoms with Crippen LogP contribution in [0.15, 0.2) is 30.5 Å². The van der Waals surface area contributed by atoms with Crippen LogP contribution in [0.4, 0.5) is 0 Å². The number of hydrogen-bond acceptors (Lipinski definition) is 2. The van der Waals surface area contributed by atoms with Crippen LogP contribution in [0.5, 0.6) is 0 Å². The normalized spacial score (nSPS) is 11.3. The number of aryl methyl sites for hydroxylation is 2. The van der Waals surface area contributed by atoms with E-state index >= 15 is 0 Å². The van der Waals surface area contributed by atoms with Gasteiger partial charge in [-0.2, -0.15) is 5.10 Å². The standard InChI is InChI=1S/C15H18N4/c1-10-14(12-6-4-5-7-13(12)17-10)15-11(8-16-2)9-19(3)18-15/h4-7,9,16-17H,8H2,1-3H3. The van der Waals surface area contributed by atoms with Crippen molar-refractivity contribution < 1.29 is 0 Å². The van der Waals surface area contributed by atoms with Gasteiger partial charge >= 0.3 is 0 Å². The van der Waals surface area contributed by atoms with Gasteiger partial charge in [-0.3, -0.25) is 4.68 Å². The molecule has 4 heteroatoms. The largest absolute Gasteiger partial charge is 0.358 e. The lowest BCUT2D eigenvalue weighted by molar-refractivity contribution is 0.765. The molecule has 4 nitrogen and oxygen atoms in total. The number of nitrogens with one attached hydrogen (secondary N) is 2. The van der Waals surface area contributed by atoms with Crippen LogP contribution >= 0.6 is 0 Å². The first kappa shape index (κ1) is 12.0. The summed E-state index contributed by atoms with van der Waals surface area (Å²) in [5.74, 6) is 0. The SMILES string of the molecule is CNCc1cn(C)nc1-c1c(C)[nH]c2ccccc12.